The Hall–Kier alpha value is -1.94. The molecule has 1 aliphatic heterocycles. The molecule has 3 rings (SSSR count). The summed E-state index contributed by atoms with van der Waals surface area (Å²) in [5.41, 5.74) is 3.51. The van der Waals surface area contributed by atoms with Crippen LogP contribution in [0.5, 0.6) is 0 Å². The molecule has 0 amide bonds. The van der Waals surface area contributed by atoms with Crippen molar-refractivity contribution in [3.63, 3.8) is 0 Å². The summed E-state index contributed by atoms with van der Waals surface area (Å²) < 4.78 is 0. The molecule has 2 aromatic heterocycles. The van der Waals surface area contributed by atoms with E-state index in [0.717, 1.165) is 37.4 Å². The van der Waals surface area contributed by atoms with Gasteiger partial charge in [0.05, 0.1) is 0 Å². The Labute approximate surface area is 126 Å². The maximum Gasteiger partial charge on any atom is 0.0456 e. The molecule has 0 atom stereocenters. The number of nitrogens with one attached hydrogen (secondary N) is 2. The molecule has 0 bridgehead atoms. The Balaban J connectivity index is 1.55. The minimum absolute atomic E-state index is 0.601. The molecule has 2 aromatic rings. The van der Waals surface area contributed by atoms with Gasteiger partial charge in [-0.2, -0.15) is 0 Å². The fraction of sp³-hybridized carbons (Fsp3) is 0.412. The highest BCUT2D eigenvalue weighted by atomic mass is 14.9. The number of anilines is 1. The number of piperidine rings is 1. The van der Waals surface area contributed by atoms with Gasteiger partial charge in [-0.1, -0.05) is 6.07 Å². The van der Waals surface area contributed by atoms with E-state index in [4.69, 9.17) is 0 Å². The molecule has 2 N–H and O–H groups in total. The lowest BCUT2D eigenvalue weighted by molar-refractivity contribution is 0.453. The van der Waals surface area contributed by atoms with Crippen molar-refractivity contribution in [2.45, 2.75) is 25.2 Å². The van der Waals surface area contributed by atoms with Crippen molar-refractivity contribution in [2.24, 2.45) is 0 Å². The predicted octanol–water partition coefficient (Wildman–Crippen LogP) is 2.60. The lowest BCUT2D eigenvalue weighted by Gasteiger charge is -2.22. The molecule has 0 unspecified atom stereocenters. The average molecular weight is 282 g/mol. The van der Waals surface area contributed by atoms with Gasteiger partial charge in [-0.05, 0) is 50.2 Å². The highest BCUT2D eigenvalue weighted by Crippen LogP contribution is 2.25. The topological polar surface area (TPSA) is 49.8 Å². The lowest BCUT2D eigenvalue weighted by atomic mass is 9.94. The fourth-order valence-corrected chi connectivity index (χ4v) is 2.78. The maximum absolute atomic E-state index is 4.55. The van der Waals surface area contributed by atoms with Crippen molar-refractivity contribution in [3.8, 4) is 0 Å². The van der Waals surface area contributed by atoms with E-state index in [-0.39, 0.29) is 0 Å². The van der Waals surface area contributed by atoms with Gasteiger partial charge >= 0.3 is 0 Å². The van der Waals surface area contributed by atoms with Crippen molar-refractivity contribution in [1.82, 2.24) is 15.3 Å². The molecule has 0 aromatic carbocycles. The fourth-order valence-electron chi connectivity index (χ4n) is 2.78. The van der Waals surface area contributed by atoms with Crippen molar-refractivity contribution in [1.29, 1.82) is 0 Å². The van der Waals surface area contributed by atoms with Crippen molar-refractivity contribution < 1.29 is 0 Å². The largest absolute Gasteiger partial charge is 0.385 e. The van der Waals surface area contributed by atoms with E-state index in [9.17, 15) is 0 Å². The van der Waals surface area contributed by atoms with Crippen LogP contribution in [0, 0.1) is 0 Å². The number of hydrogen-bond acceptors (Lipinski definition) is 4. The molecule has 1 saturated heterocycles. The summed E-state index contributed by atoms with van der Waals surface area (Å²) in [7, 11) is 0. The van der Waals surface area contributed by atoms with Gasteiger partial charge in [0.25, 0.3) is 0 Å². The second-order valence-corrected chi connectivity index (χ2v) is 5.49. The van der Waals surface area contributed by atoms with Crippen LogP contribution in [0.15, 0.2) is 42.7 Å². The van der Waals surface area contributed by atoms with Crippen LogP contribution in [0.2, 0.25) is 0 Å². The summed E-state index contributed by atoms with van der Waals surface area (Å²) in [4.78, 5) is 8.89. The van der Waals surface area contributed by atoms with Crippen molar-refractivity contribution >= 4 is 5.69 Å². The molecule has 0 aliphatic carbocycles. The molecule has 0 spiro atoms. The van der Waals surface area contributed by atoms with Crippen LogP contribution in [0.4, 0.5) is 5.69 Å². The summed E-state index contributed by atoms with van der Waals surface area (Å²) >= 11 is 0. The van der Waals surface area contributed by atoms with E-state index in [2.05, 4.69) is 32.7 Å². The van der Waals surface area contributed by atoms with E-state index in [1.54, 1.807) is 0 Å². The number of aromatic nitrogens is 2. The number of rotatable bonds is 5. The van der Waals surface area contributed by atoms with Gasteiger partial charge in [-0.3, -0.25) is 9.97 Å². The van der Waals surface area contributed by atoms with Gasteiger partial charge in [0.15, 0.2) is 0 Å². The summed E-state index contributed by atoms with van der Waals surface area (Å²) in [5.74, 6) is 0.601. The highest BCUT2D eigenvalue weighted by molar-refractivity contribution is 5.44. The number of nitrogens with zero attached hydrogens (tertiary/aromatic N) is 2. The molecule has 4 nitrogen and oxygen atoms in total. The Morgan fingerprint density at radius 3 is 2.81 bits per heavy atom. The first kappa shape index (κ1) is 14.0. The van der Waals surface area contributed by atoms with E-state index in [1.807, 2.05) is 30.6 Å². The monoisotopic (exact) mass is 282 g/mol. The molecular weight excluding hydrogens is 260 g/mol. The first-order valence-corrected chi connectivity index (χ1v) is 7.72. The van der Waals surface area contributed by atoms with Crippen LogP contribution in [0.1, 0.15) is 30.1 Å². The number of hydrogen-bond donors (Lipinski definition) is 2. The van der Waals surface area contributed by atoms with Crippen LogP contribution >= 0.6 is 0 Å². The minimum Gasteiger partial charge on any atom is -0.385 e. The van der Waals surface area contributed by atoms with Crippen LogP contribution < -0.4 is 10.6 Å². The van der Waals surface area contributed by atoms with Gasteiger partial charge < -0.3 is 10.6 Å². The smallest absolute Gasteiger partial charge is 0.0456 e. The number of pyridine rings is 2. The third kappa shape index (κ3) is 4.02. The molecule has 1 aliphatic rings. The Morgan fingerprint density at radius 2 is 2.00 bits per heavy atom. The van der Waals surface area contributed by atoms with Gasteiger partial charge in [-0.15, -0.1) is 0 Å². The van der Waals surface area contributed by atoms with Crippen LogP contribution in [0.25, 0.3) is 0 Å². The first-order valence-electron chi connectivity index (χ1n) is 7.72. The Morgan fingerprint density at radius 1 is 1.10 bits per heavy atom. The molecule has 1 fully saturated rings. The van der Waals surface area contributed by atoms with E-state index in [0.29, 0.717) is 5.92 Å². The third-order valence-electron chi connectivity index (χ3n) is 3.97. The normalized spacial score (nSPS) is 15.8. The summed E-state index contributed by atoms with van der Waals surface area (Å²) in [6.45, 7) is 3.10. The molecule has 21 heavy (non-hydrogen) atoms. The predicted molar refractivity (Wildman–Crippen MR) is 85.5 cm³/mol. The van der Waals surface area contributed by atoms with Crippen molar-refractivity contribution in [2.75, 3.05) is 25.0 Å². The molecule has 110 valence electrons. The molecule has 0 radical (unpaired) electrons. The standard InChI is InChI=1S/C17H22N4/c1-2-8-19-15(3-1)6-11-20-16-7-12-21-17(13-16)14-4-9-18-10-5-14/h1-3,7-8,12-14,18H,4-6,9-11H2,(H,20,21). The molecule has 3 heterocycles. The van der Waals surface area contributed by atoms with Gasteiger partial charge in [-0.25, -0.2) is 0 Å². The van der Waals surface area contributed by atoms with Crippen LogP contribution in [-0.4, -0.2) is 29.6 Å². The lowest BCUT2D eigenvalue weighted by Crippen LogP contribution is -2.27. The van der Waals surface area contributed by atoms with Crippen LogP contribution in [-0.2, 0) is 6.42 Å². The van der Waals surface area contributed by atoms with E-state index < -0.39 is 0 Å². The summed E-state index contributed by atoms with van der Waals surface area (Å²) in [5, 5.41) is 6.88. The zero-order valence-electron chi connectivity index (χ0n) is 12.3. The van der Waals surface area contributed by atoms with Gasteiger partial charge in [0.2, 0.25) is 0 Å². The Bertz CT molecular complexity index is 550. The van der Waals surface area contributed by atoms with Crippen molar-refractivity contribution in [3.05, 3.63) is 54.1 Å². The zero-order chi connectivity index (χ0) is 14.3. The Kier molecular flexibility index (Phi) is 4.79. The third-order valence-corrected chi connectivity index (χ3v) is 3.97. The highest BCUT2D eigenvalue weighted by Gasteiger charge is 2.16. The SMILES string of the molecule is c1ccc(CCNc2ccnc(C3CCNCC3)c2)nc1. The van der Waals surface area contributed by atoms with E-state index in [1.165, 1.54) is 18.5 Å². The second kappa shape index (κ2) is 7.18. The second-order valence-electron chi connectivity index (χ2n) is 5.49. The molecule has 0 saturated carbocycles. The van der Waals surface area contributed by atoms with Crippen LogP contribution in [0.3, 0.4) is 0 Å². The van der Waals surface area contributed by atoms with Gasteiger partial charge in [0.1, 0.15) is 0 Å². The molecule has 4 heteroatoms. The quantitative estimate of drug-likeness (QED) is 0.885. The maximum atomic E-state index is 4.55. The average Bonchev–Trinajstić information content (AvgIpc) is 2.57. The zero-order valence-corrected chi connectivity index (χ0v) is 12.3. The summed E-state index contributed by atoms with van der Waals surface area (Å²) in [6.07, 6.45) is 7.07. The van der Waals surface area contributed by atoms with E-state index >= 15 is 0 Å². The summed E-state index contributed by atoms with van der Waals surface area (Å²) in [6, 6.07) is 10.3. The minimum atomic E-state index is 0.601. The van der Waals surface area contributed by atoms with Gasteiger partial charge in [0, 0.05) is 48.4 Å². The first-order chi connectivity index (χ1) is 10.4. The molecular formula is C17H22N4.